The summed E-state index contributed by atoms with van der Waals surface area (Å²) in [5, 5.41) is 2.56. The molecule has 0 bridgehead atoms. The Kier molecular flexibility index (Phi) is 4.90. The van der Waals surface area contributed by atoms with Crippen LogP contribution < -0.4 is 5.32 Å². The molecule has 5 nitrogen and oxygen atoms in total. The van der Waals surface area contributed by atoms with E-state index in [-0.39, 0.29) is 21.7 Å². The molecule has 1 saturated heterocycles. The second-order valence-electron chi connectivity index (χ2n) is 4.68. The number of benzene rings is 1. The second-order valence-corrected chi connectivity index (χ2v) is 5.50. The summed E-state index contributed by atoms with van der Waals surface area (Å²) < 4.78 is 18.2. The summed E-state index contributed by atoms with van der Waals surface area (Å²) in [5.74, 6) is -1.25. The van der Waals surface area contributed by atoms with Gasteiger partial charge in [-0.05, 0) is 19.1 Å². The third-order valence-corrected chi connectivity index (χ3v) is 3.57. The van der Waals surface area contributed by atoms with E-state index in [2.05, 4.69) is 5.32 Å². The number of hydrogen-bond donors (Lipinski definition) is 1. The first-order valence-corrected chi connectivity index (χ1v) is 7.01. The summed E-state index contributed by atoms with van der Waals surface area (Å²) in [6.45, 7) is 2.85. The third kappa shape index (κ3) is 3.77. The van der Waals surface area contributed by atoms with Gasteiger partial charge in [-0.25, -0.2) is 9.18 Å². The van der Waals surface area contributed by atoms with Crippen molar-refractivity contribution in [2.45, 2.75) is 13.0 Å². The van der Waals surface area contributed by atoms with E-state index < -0.39 is 17.8 Å². The molecule has 2 amide bonds. The fraction of sp³-hybridized carbons (Fsp3) is 0.385. The highest BCUT2D eigenvalue weighted by molar-refractivity contribution is 6.36. The van der Waals surface area contributed by atoms with Crippen molar-refractivity contribution in [1.29, 1.82) is 0 Å². The van der Waals surface area contributed by atoms with Crippen molar-refractivity contribution in [3.8, 4) is 0 Å². The minimum Gasteiger partial charge on any atom is -0.448 e. The molecule has 0 aromatic heterocycles. The molecule has 114 valence electrons. The van der Waals surface area contributed by atoms with E-state index in [4.69, 9.17) is 27.9 Å². The number of carbonyl (C=O) groups is 2. The number of amides is 2. The van der Waals surface area contributed by atoms with Crippen LogP contribution in [0, 0.1) is 5.82 Å². The summed E-state index contributed by atoms with van der Waals surface area (Å²) in [4.78, 5) is 24.8. The van der Waals surface area contributed by atoms with Gasteiger partial charge in [0.2, 0.25) is 0 Å². The number of cyclic esters (lactones) is 1. The number of nitrogens with one attached hydrogen (secondary N) is 1. The van der Waals surface area contributed by atoms with Crippen LogP contribution in [0.4, 0.5) is 9.18 Å². The quantitative estimate of drug-likeness (QED) is 0.861. The Morgan fingerprint density at radius 3 is 2.81 bits per heavy atom. The molecule has 0 aliphatic carbocycles. The van der Waals surface area contributed by atoms with E-state index >= 15 is 0 Å². The van der Waals surface area contributed by atoms with Crippen molar-refractivity contribution in [2.75, 3.05) is 19.7 Å². The van der Waals surface area contributed by atoms with Crippen molar-refractivity contribution in [1.82, 2.24) is 10.2 Å². The SMILES string of the molecule is C[C@@H](CN1CCOC1=O)NC(=O)c1cc(F)c(Cl)cc1Cl. The third-order valence-electron chi connectivity index (χ3n) is 2.97. The molecule has 1 aliphatic heterocycles. The van der Waals surface area contributed by atoms with Gasteiger partial charge in [0.15, 0.2) is 0 Å². The predicted octanol–water partition coefficient (Wildman–Crippen LogP) is 2.70. The van der Waals surface area contributed by atoms with E-state index in [1.807, 2.05) is 0 Å². The molecular formula is C13H13Cl2FN2O3. The van der Waals surface area contributed by atoms with Gasteiger partial charge in [-0.1, -0.05) is 23.2 Å². The largest absolute Gasteiger partial charge is 0.448 e. The highest BCUT2D eigenvalue weighted by Gasteiger charge is 2.24. The van der Waals surface area contributed by atoms with Gasteiger partial charge in [0.05, 0.1) is 22.2 Å². The van der Waals surface area contributed by atoms with Gasteiger partial charge in [-0.3, -0.25) is 4.79 Å². The smallest absolute Gasteiger partial charge is 0.410 e. The molecule has 0 unspecified atom stereocenters. The number of ether oxygens (including phenoxy) is 1. The molecule has 1 aliphatic rings. The van der Waals surface area contributed by atoms with Crippen molar-refractivity contribution in [3.05, 3.63) is 33.6 Å². The molecular weight excluding hydrogens is 322 g/mol. The zero-order valence-corrected chi connectivity index (χ0v) is 12.7. The van der Waals surface area contributed by atoms with Crippen LogP contribution in [0.1, 0.15) is 17.3 Å². The summed E-state index contributed by atoms with van der Waals surface area (Å²) >= 11 is 11.5. The van der Waals surface area contributed by atoms with Crippen LogP contribution in [0.5, 0.6) is 0 Å². The number of halogens is 3. The first-order chi connectivity index (χ1) is 9.88. The van der Waals surface area contributed by atoms with Crippen molar-refractivity contribution in [3.63, 3.8) is 0 Å². The first kappa shape index (κ1) is 15.9. The fourth-order valence-electron chi connectivity index (χ4n) is 1.97. The minimum atomic E-state index is -0.720. The van der Waals surface area contributed by atoms with Crippen LogP contribution in [-0.4, -0.2) is 42.6 Å². The lowest BCUT2D eigenvalue weighted by atomic mass is 10.2. The van der Waals surface area contributed by atoms with Crippen LogP contribution >= 0.6 is 23.2 Å². The fourth-order valence-corrected chi connectivity index (χ4v) is 2.43. The first-order valence-electron chi connectivity index (χ1n) is 6.25. The molecule has 8 heteroatoms. The summed E-state index contributed by atoms with van der Waals surface area (Å²) in [7, 11) is 0. The molecule has 0 spiro atoms. The van der Waals surface area contributed by atoms with Crippen LogP contribution in [0.3, 0.4) is 0 Å². The highest BCUT2D eigenvalue weighted by atomic mass is 35.5. The van der Waals surface area contributed by atoms with Gasteiger partial charge in [-0.15, -0.1) is 0 Å². The lowest BCUT2D eigenvalue weighted by molar-refractivity contribution is 0.0930. The Hall–Kier alpha value is -1.53. The van der Waals surface area contributed by atoms with Crippen molar-refractivity contribution >= 4 is 35.2 Å². The zero-order chi connectivity index (χ0) is 15.6. The number of carbonyl (C=O) groups excluding carboxylic acids is 2. The standard InChI is InChI=1S/C13H13Cl2FN2O3/c1-7(6-18-2-3-21-13(18)20)17-12(19)8-4-11(16)10(15)5-9(8)14/h4-5,7H,2-3,6H2,1H3,(H,17,19)/t7-/m0/s1. The van der Waals surface area contributed by atoms with Gasteiger partial charge in [0.25, 0.3) is 5.91 Å². The summed E-state index contributed by atoms with van der Waals surface area (Å²) in [5.41, 5.74) is -0.00517. The predicted molar refractivity (Wildman–Crippen MR) is 76.3 cm³/mol. The Morgan fingerprint density at radius 2 is 2.19 bits per heavy atom. The lowest BCUT2D eigenvalue weighted by Crippen LogP contribution is -2.42. The average Bonchev–Trinajstić information content (AvgIpc) is 2.79. The molecule has 0 radical (unpaired) electrons. The number of nitrogens with zero attached hydrogens (tertiary/aromatic N) is 1. The molecule has 1 atom stereocenters. The van der Waals surface area contributed by atoms with E-state index in [0.29, 0.717) is 19.7 Å². The molecule has 0 saturated carbocycles. The van der Waals surface area contributed by atoms with Gasteiger partial charge in [0, 0.05) is 12.6 Å². The number of hydrogen-bond acceptors (Lipinski definition) is 3. The van der Waals surface area contributed by atoms with Crippen LogP contribution in [0.25, 0.3) is 0 Å². The van der Waals surface area contributed by atoms with Crippen LogP contribution in [-0.2, 0) is 4.74 Å². The maximum atomic E-state index is 13.4. The lowest BCUT2D eigenvalue weighted by Gasteiger charge is -2.20. The Morgan fingerprint density at radius 1 is 1.48 bits per heavy atom. The minimum absolute atomic E-state index is 0.00517. The van der Waals surface area contributed by atoms with E-state index in [1.165, 1.54) is 11.0 Å². The van der Waals surface area contributed by atoms with E-state index in [0.717, 1.165) is 6.07 Å². The van der Waals surface area contributed by atoms with Crippen molar-refractivity contribution < 1.29 is 18.7 Å². The Balaban J connectivity index is 2.00. The summed E-state index contributed by atoms with van der Waals surface area (Å²) in [6, 6.07) is 1.82. The molecule has 2 rings (SSSR count). The van der Waals surface area contributed by atoms with Crippen LogP contribution in [0.15, 0.2) is 12.1 Å². The van der Waals surface area contributed by atoms with E-state index in [9.17, 15) is 14.0 Å². The Labute approximate surface area is 130 Å². The Bertz CT molecular complexity index is 583. The molecule has 1 aromatic rings. The van der Waals surface area contributed by atoms with Gasteiger partial charge >= 0.3 is 6.09 Å². The molecule has 1 heterocycles. The molecule has 21 heavy (non-hydrogen) atoms. The maximum absolute atomic E-state index is 13.4. The number of rotatable bonds is 4. The summed E-state index contributed by atoms with van der Waals surface area (Å²) in [6.07, 6.45) is -0.410. The monoisotopic (exact) mass is 334 g/mol. The molecule has 1 aromatic carbocycles. The maximum Gasteiger partial charge on any atom is 0.410 e. The molecule has 1 fully saturated rings. The van der Waals surface area contributed by atoms with Gasteiger partial charge in [-0.2, -0.15) is 0 Å². The average molecular weight is 335 g/mol. The topological polar surface area (TPSA) is 58.6 Å². The highest BCUT2D eigenvalue weighted by Crippen LogP contribution is 2.24. The second kappa shape index (κ2) is 6.49. The van der Waals surface area contributed by atoms with E-state index in [1.54, 1.807) is 6.92 Å². The zero-order valence-electron chi connectivity index (χ0n) is 11.2. The van der Waals surface area contributed by atoms with Crippen LogP contribution in [0.2, 0.25) is 10.0 Å². The van der Waals surface area contributed by atoms with Gasteiger partial charge < -0.3 is 15.0 Å². The molecule has 1 N–H and O–H groups in total. The normalized spacial score (nSPS) is 15.8. The van der Waals surface area contributed by atoms with Crippen molar-refractivity contribution in [2.24, 2.45) is 0 Å². The van der Waals surface area contributed by atoms with Gasteiger partial charge in [0.1, 0.15) is 12.4 Å².